The minimum absolute atomic E-state index is 0.0169. The third kappa shape index (κ3) is 1.35. The van der Waals surface area contributed by atoms with Crippen molar-refractivity contribution in [2.24, 2.45) is 5.73 Å². The van der Waals surface area contributed by atoms with Gasteiger partial charge in [0.15, 0.2) is 5.54 Å². The molecule has 7 nitrogen and oxygen atoms in total. The number of amides is 3. The van der Waals surface area contributed by atoms with Gasteiger partial charge in [-0.25, -0.2) is 4.79 Å². The van der Waals surface area contributed by atoms with Crippen molar-refractivity contribution in [2.45, 2.75) is 24.4 Å². The molecule has 7 heteroatoms. The highest BCUT2D eigenvalue weighted by Crippen LogP contribution is 2.37. The Labute approximate surface area is 97.3 Å². The van der Waals surface area contributed by atoms with Gasteiger partial charge in [0.1, 0.15) is 0 Å². The largest absolute Gasteiger partial charge is 0.327 e. The number of hydrogen-bond donors (Lipinski definition) is 3. The van der Waals surface area contributed by atoms with E-state index >= 15 is 0 Å². The molecule has 1 atom stereocenters. The predicted octanol–water partition coefficient (Wildman–Crippen LogP) is -0.789. The zero-order valence-corrected chi connectivity index (χ0v) is 9.14. The van der Waals surface area contributed by atoms with E-state index in [1.807, 2.05) is 0 Å². The molecule has 1 aromatic heterocycles. The highest BCUT2D eigenvalue weighted by atomic mass is 16.2. The number of nitrogens with zero attached hydrogens (tertiary/aromatic N) is 2. The van der Waals surface area contributed by atoms with Gasteiger partial charge in [0.25, 0.3) is 5.91 Å². The lowest BCUT2D eigenvalue weighted by molar-refractivity contribution is -0.124. The molecule has 17 heavy (non-hydrogen) atoms. The summed E-state index contributed by atoms with van der Waals surface area (Å²) < 4.78 is 1.79. The number of nitrogens with two attached hydrogens (primary N) is 1. The van der Waals surface area contributed by atoms with Crippen molar-refractivity contribution >= 4 is 11.9 Å². The van der Waals surface area contributed by atoms with Crippen LogP contribution in [0.5, 0.6) is 0 Å². The maximum Gasteiger partial charge on any atom is 0.322 e. The summed E-state index contributed by atoms with van der Waals surface area (Å²) in [7, 11) is 0. The van der Waals surface area contributed by atoms with Crippen molar-refractivity contribution in [3.63, 3.8) is 0 Å². The second-order valence-electron chi connectivity index (χ2n) is 4.41. The first kappa shape index (κ1) is 10.3. The van der Waals surface area contributed by atoms with Crippen LogP contribution in [-0.4, -0.2) is 28.3 Å². The van der Waals surface area contributed by atoms with Crippen molar-refractivity contribution in [3.8, 4) is 0 Å². The van der Waals surface area contributed by atoms with E-state index in [4.69, 9.17) is 5.73 Å². The molecule has 2 aliphatic rings. The summed E-state index contributed by atoms with van der Waals surface area (Å²) in [5.41, 5.74) is 5.17. The quantitative estimate of drug-likeness (QED) is 0.597. The number of carbonyl (C=O) groups is 2. The molecule has 3 rings (SSSR count). The van der Waals surface area contributed by atoms with Gasteiger partial charge >= 0.3 is 6.03 Å². The Morgan fingerprint density at radius 1 is 1.53 bits per heavy atom. The van der Waals surface area contributed by atoms with Gasteiger partial charge < -0.3 is 11.1 Å². The predicted molar refractivity (Wildman–Crippen MR) is 57.9 cm³/mol. The van der Waals surface area contributed by atoms with Crippen LogP contribution in [-0.2, 0) is 10.3 Å². The van der Waals surface area contributed by atoms with Crippen LogP contribution in [0.15, 0.2) is 12.3 Å². The second kappa shape index (κ2) is 3.30. The van der Waals surface area contributed by atoms with Crippen molar-refractivity contribution in [2.75, 3.05) is 6.54 Å². The molecular weight excluding hydrogens is 222 g/mol. The molecule has 0 unspecified atom stereocenters. The Balaban J connectivity index is 2.07. The molecule has 1 aliphatic carbocycles. The Hall–Kier alpha value is -1.89. The molecule has 2 fully saturated rings. The van der Waals surface area contributed by atoms with E-state index in [1.54, 1.807) is 16.9 Å². The number of urea groups is 1. The molecular formula is C10H13N5O2. The van der Waals surface area contributed by atoms with Crippen LogP contribution < -0.4 is 16.4 Å². The standard InChI is InChI=1S/C10H13N5O2/c11-5-10(8(16)13-9(17)14-10)7-3-4-12-15(7)6-1-2-6/h3-4,6H,1-2,5,11H2,(H2,13,14,16,17)/t10-/m1/s1. The van der Waals surface area contributed by atoms with Crippen LogP contribution in [0.3, 0.4) is 0 Å². The van der Waals surface area contributed by atoms with Gasteiger partial charge in [-0.1, -0.05) is 0 Å². The highest BCUT2D eigenvalue weighted by molar-refractivity contribution is 6.07. The van der Waals surface area contributed by atoms with Crippen LogP contribution in [0.25, 0.3) is 0 Å². The fourth-order valence-electron chi connectivity index (χ4n) is 2.18. The van der Waals surface area contributed by atoms with E-state index in [2.05, 4.69) is 15.7 Å². The lowest BCUT2D eigenvalue weighted by Crippen LogP contribution is -2.51. The summed E-state index contributed by atoms with van der Waals surface area (Å²) in [6.07, 6.45) is 3.72. The van der Waals surface area contributed by atoms with Crippen molar-refractivity contribution in [1.82, 2.24) is 20.4 Å². The molecule has 0 bridgehead atoms. The lowest BCUT2D eigenvalue weighted by atomic mass is 9.95. The third-order valence-corrected chi connectivity index (χ3v) is 3.25. The monoisotopic (exact) mass is 235 g/mol. The van der Waals surface area contributed by atoms with Gasteiger partial charge in [0, 0.05) is 12.7 Å². The molecule has 2 heterocycles. The summed E-state index contributed by atoms with van der Waals surface area (Å²) in [6, 6.07) is 1.55. The van der Waals surface area contributed by atoms with Crippen molar-refractivity contribution in [1.29, 1.82) is 0 Å². The topological polar surface area (TPSA) is 102 Å². The summed E-state index contributed by atoms with van der Waals surface area (Å²) in [4.78, 5) is 23.2. The summed E-state index contributed by atoms with van der Waals surface area (Å²) in [5, 5.41) is 9.04. The highest BCUT2D eigenvalue weighted by Gasteiger charge is 2.49. The van der Waals surface area contributed by atoms with Crippen LogP contribution >= 0.6 is 0 Å². The first-order valence-electron chi connectivity index (χ1n) is 5.55. The van der Waals surface area contributed by atoms with E-state index < -0.39 is 17.5 Å². The molecule has 1 aromatic rings. The number of nitrogens with one attached hydrogen (secondary N) is 2. The first-order chi connectivity index (χ1) is 8.17. The van der Waals surface area contributed by atoms with Crippen molar-refractivity contribution in [3.05, 3.63) is 18.0 Å². The van der Waals surface area contributed by atoms with Gasteiger partial charge in [-0.2, -0.15) is 5.10 Å². The van der Waals surface area contributed by atoms with E-state index in [1.165, 1.54) is 0 Å². The molecule has 0 aromatic carbocycles. The Morgan fingerprint density at radius 2 is 2.29 bits per heavy atom. The molecule has 1 saturated carbocycles. The number of imide groups is 1. The lowest BCUT2D eigenvalue weighted by Gasteiger charge is -2.25. The van der Waals surface area contributed by atoms with E-state index in [-0.39, 0.29) is 6.54 Å². The Morgan fingerprint density at radius 3 is 2.82 bits per heavy atom. The fraction of sp³-hybridized carbons (Fsp3) is 0.500. The summed E-state index contributed by atoms with van der Waals surface area (Å²) >= 11 is 0. The molecule has 0 spiro atoms. The SMILES string of the molecule is NC[C@]1(c2ccnn2C2CC2)NC(=O)NC1=O. The maximum absolute atomic E-state index is 11.9. The first-order valence-corrected chi connectivity index (χ1v) is 5.55. The number of carbonyl (C=O) groups excluding carboxylic acids is 2. The molecule has 90 valence electrons. The van der Waals surface area contributed by atoms with Crippen molar-refractivity contribution < 1.29 is 9.59 Å². The van der Waals surface area contributed by atoms with Crippen LogP contribution in [0.4, 0.5) is 4.79 Å². The van der Waals surface area contributed by atoms with E-state index in [0.29, 0.717) is 11.7 Å². The van der Waals surface area contributed by atoms with Crippen LogP contribution in [0, 0.1) is 0 Å². The Bertz CT molecular complexity index is 493. The molecule has 1 aliphatic heterocycles. The normalized spacial score (nSPS) is 28.1. The van der Waals surface area contributed by atoms with E-state index in [0.717, 1.165) is 12.8 Å². The van der Waals surface area contributed by atoms with Gasteiger partial charge in [0.2, 0.25) is 0 Å². The summed E-state index contributed by atoms with van der Waals surface area (Å²) in [5.74, 6) is -0.410. The van der Waals surface area contributed by atoms with Gasteiger partial charge in [-0.3, -0.25) is 14.8 Å². The molecule has 0 radical (unpaired) electrons. The van der Waals surface area contributed by atoms with E-state index in [9.17, 15) is 9.59 Å². The Kier molecular flexibility index (Phi) is 1.99. The third-order valence-electron chi connectivity index (χ3n) is 3.25. The van der Waals surface area contributed by atoms with Crippen LogP contribution in [0.2, 0.25) is 0 Å². The molecule has 3 amide bonds. The van der Waals surface area contributed by atoms with Gasteiger partial charge in [0.05, 0.1) is 11.7 Å². The average molecular weight is 235 g/mol. The maximum atomic E-state index is 11.9. The summed E-state index contributed by atoms with van der Waals surface area (Å²) in [6.45, 7) is 0.0169. The molecule has 1 saturated heterocycles. The smallest absolute Gasteiger partial charge is 0.322 e. The van der Waals surface area contributed by atoms with Gasteiger partial charge in [-0.05, 0) is 18.9 Å². The zero-order chi connectivity index (χ0) is 12.0. The minimum Gasteiger partial charge on any atom is -0.327 e. The van der Waals surface area contributed by atoms with Crippen LogP contribution in [0.1, 0.15) is 24.6 Å². The molecule has 4 N–H and O–H groups in total. The average Bonchev–Trinajstić information content (AvgIpc) is 2.95. The number of hydrogen-bond acceptors (Lipinski definition) is 4. The minimum atomic E-state index is -1.17. The number of aromatic nitrogens is 2. The van der Waals surface area contributed by atoms with Gasteiger partial charge in [-0.15, -0.1) is 0 Å². The zero-order valence-electron chi connectivity index (χ0n) is 9.14. The fourth-order valence-corrected chi connectivity index (χ4v) is 2.18. The number of rotatable bonds is 3. The second-order valence-corrected chi connectivity index (χ2v) is 4.41.